The van der Waals surface area contributed by atoms with Crippen molar-refractivity contribution in [3.05, 3.63) is 25.3 Å². The highest BCUT2D eigenvalue weighted by molar-refractivity contribution is 9.09. The quantitative estimate of drug-likeness (QED) is 0.141. The largest absolute Gasteiger partial charge is 0.465 e. The van der Waals surface area contributed by atoms with E-state index in [-0.39, 0.29) is 35.9 Å². The van der Waals surface area contributed by atoms with Gasteiger partial charge in [0, 0.05) is 30.6 Å². The second kappa shape index (κ2) is 12.7. The highest BCUT2D eigenvalue weighted by Gasteiger charge is 2.77. The molecule has 0 radical (unpaired) electrons. The number of nitrogens with zero attached hydrogens (tertiary/aromatic N) is 2. The third-order valence-electron chi connectivity index (χ3n) is 7.75. The number of amides is 2. The van der Waals surface area contributed by atoms with E-state index < -0.39 is 35.6 Å². The number of halogens is 1. The van der Waals surface area contributed by atoms with Crippen LogP contribution in [0.25, 0.3) is 0 Å². The Hall–Kier alpha value is -1.71. The van der Waals surface area contributed by atoms with Gasteiger partial charge in [0.05, 0.1) is 24.5 Å². The van der Waals surface area contributed by atoms with Crippen molar-refractivity contribution in [3.8, 4) is 0 Å². The first-order valence-corrected chi connectivity index (χ1v) is 14.1. The van der Waals surface area contributed by atoms with Gasteiger partial charge in [0.2, 0.25) is 11.8 Å². The van der Waals surface area contributed by atoms with Crippen LogP contribution in [0.2, 0.25) is 0 Å². The zero-order valence-electron chi connectivity index (χ0n) is 21.6. The molecule has 3 saturated heterocycles. The van der Waals surface area contributed by atoms with Gasteiger partial charge < -0.3 is 24.4 Å². The summed E-state index contributed by atoms with van der Waals surface area (Å²) < 4.78 is 12.1. The number of allylic oxidation sites excluding steroid dienone is 1. The lowest BCUT2D eigenvalue weighted by molar-refractivity contribution is -0.155. The molecule has 202 valence electrons. The minimum atomic E-state index is -1.09. The number of rotatable bonds is 15. The van der Waals surface area contributed by atoms with Gasteiger partial charge in [-0.25, -0.2) is 0 Å². The van der Waals surface area contributed by atoms with E-state index in [2.05, 4.69) is 36.0 Å². The van der Waals surface area contributed by atoms with Crippen LogP contribution in [0.3, 0.4) is 0 Å². The molecular formula is C27H41BrN2O6. The van der Waals surface area contributed by atoms with Crippen LogP contribution in [0, 0.1) is 11.8 Å². The van der Waals surface area contributed by atoms with E-state index in [0.29, 0.717) is 38.8 Å². The molecule has 3 aliphatic rings. The Balaban J connectivity index is 1.97. The van der Waals surface area contributed by atoms with Crippen molar-refractivity contribution >= 4 is 33.7 Å². The summed E-state index contributed by atoms with van der Waals surface area (Å²) >= 11 is 3.68. The molecule has 7 atom stereocenters. The van der Waals surface area contributed by atoms with E-state index in [1.54, 1.807) is 22.0 Å². The van der Waals surface area contributed by atoms with Crippen molar-refractivity contribution in [1.29, 1.82) is 0 Å². The number of alkyl halides is 1. The van der Waals surface area contributed by atoms with Crippen LogP contribution in [-0.4, -0.2) is 87.6 Å². The van der Waals surface area contributed by atoms with Crippen molar-refractivity contribution in [1.82, 2.24) is 9.80 Å². The van der Waals surface area contributed by atoms with Crippen molar-refractivity contribution in [2.75, 3.05) is 26.3 Å². The third kappa shape index (κ3) is 5.29. The number of aliphatic hydroxyl groups excluding tert-OH is 1. The second-order valence-corrected chi connectivity index (χ2v) is 11.3. The first-order chi connectivity index (χ1) is 17.3. The molecule has 0 aromatic heterocycles. The number of likely N-dealkylation sites (tertiary alicyclic amines) is 1. The van der Waals surface area contributed by atoms with Crippen LogP contribution in [0.15, 0.2) is 25.3 Å². The first-order valence-electron chi connectivity index (χ1n) is 13.2. The van der Waals surface area contributed by atoms with Gasteiger partial charge in [-0.05, 0) is 45.4 Å². The van der Waals surface area contributed by atoms with Crippen LogP contribution in [0.5, 0.6) is 0 Å². The molecule has 1 spiro atoms. The molecule has 3 aliphatic heterocycles. The van der Waals surface area contributed by atoms with E-state index in [0.717, 1.165) is 19.3 Å². The summed E-state index contributed by atoms with van der Waals surface area (Å²) in [5, 5.41) is 9.32. The van der Waals surface area contributed by atoms with Crippen LogP contribution < -0.4 is 0 Å². The van der Waals surface area contributed by atoms with Gasteiger partial charge in [-0.2, -0.15) is 0 Å². The predicted molar refractivity (Wildman–Crippen MR) is 140 cm³/mol. The number of aliphatic hydroxyl groups is 1. The van der Waals surface area contributed by atoms with E-state index in [1.807, 2.05) is 6.92 Å². The monoisotopic (exact) mass is 568 g/mol. The maximum Gasteiger partial charge on any atom is 0.312 e. The fourth-order valence-corrected chi connectivity index (χ4v) is 7.11. The molecule has 4 unspecified atom stereocenters. The number of ether oxygens (including phenoxy) is 2. The smallest absolute Gasteiger partial charge is 0.312 e. The van der Waals surface area contributed by atoms with Gasteiger partial charge >= 0.3 is 5.97 Å². The molecule has 8 nitrogen and oxygen atoms in total. The minimum absolute atomic E-state index is 0.00699. The van der Waals surface area contributed by atoms with Crippen molar-refractivity contribution in [2.24, 2.45) is 11.8 Å². The van der Waals surface area contributed by atoms with E-state index in [4.69, 9.17) is 9.47 Å². The zero-order chi connectivity index (χ0) is 26.5. The maximum atomic E-state index is 14.2. The molecule has 3 rings (SSSR count). The number of unbranched alkanes of at least 4 members (excludes halogenated alkanes) is 2. The number of hydrogen-bond donors (Lipinski definition) is 1. The Labute approximate surface area is 223 Å². The van der Waals surface area contributed by atoms with Gasteiger partial charge in [0.1, 0.15) is 11.6 Å². The molecule has 3 fully saturated rings. The average molecular weight is 570 g/mol. The lowest BCUT2D eigenvalue weighted by Crippen LogP contribution is -2.58. The molecule has 0 saturated carbocycles. The molecule has 36 heavy (non-hydrogen) atoms. The minimum Gasteiger partial charge on any atom is -0.465 e. The van der Waals surface area contributed by atoms with Crippen molar-refractivity contribution in [2.45, 2.75) is 87.4 Å². The fourth-order valence-electron chi connectivity index (χ4n) is 6.17. The van der Waals surface area contributed by atoms with Crippen LogP contribution in [0.4, 0.5) is 0 Å². The molecule has 0 aromatic rings. The summed E-state index contributed by atoms with van der Waals surface area (Å²) in [6.45, 7) is 12.6. The highest BCUT2D eigenvalue weighted by Crippen LogP contribution is 2.60. The summed E-state index contributed by atoms with van der Waals surface area (Å²) in [7, 11) is 0. The lowest BCUT2D eigenvalue weighted by Gasteiger charge is -2.39. The van der Waals surface area contributed by atoms with Crippen LogP contribution in [0.1, 0.15) is 58.8 Å². The molecule has 2 amide bonds. The summed E-state index contributed by atoms with van der Waals surface area (Å²) in [4.78, 5) is 44.6. The molecule has 3 heterocycles. The van der Waals surface area contributed by atoms with Gasteiger partial charge in [-0.1, -0.05) is 41.4 Å². The van der Waals surface area contributed by atoms with Crippen LogP contribution in [-0.2, 0) is 23.9 Å². The van der Waals surface area contributed by atoms with Gasteiger partial charge in [-0.15, -0.1) is 13.2 Å². The highest BCUT2D eigenvalue weighted by atomic mass is 79.9. The Bertz CT molecular complexity index is 837. The van der Waals surface area contributed by atoms with E-state index in [1.165, 1.54) is 0 Å². The van der Waals surface area contributed by atoms with Gasteiger partial charge in [0.15, 0.2) is 0 Å². The Morgan fingerprint density at radius 1 is 1.33 bits per heavy atom. The topological polar surface area (TPSA) is 96.4 Å². The Morgan fingerprint density at radius 2 is 2.08 bits per heavy atom. The normalized spacial score (nSPS) is 31.3. The zero-order valence-corrected chi connectivity index (χ0v) is 23.2. The molecule has 0 aliphatic carbocycles. The molecule has 0 aromatic carbocycles. The summed E-state index contributed by atoms with van der Waals surface area (Å²) in [5.74, 6) is -2.38. The second-order valence-electron chi connectivity index (χ2n) is 10.1. The molecule has 2 bridgehead atoms. The number of hydrogen-bond acceptors (Lipinski definition) is 6. The van der Waals surface area contributed by atoms with E-state index >= 15 is 0 Å². The van der Waals surface area contributed by atoms with Crippen molar-refractivity contribution < 1.29 is 29.0 Å². The third-order valence-corrected chi connectivity index (χ3v) is 8.59. The fraction of sp³-hybridized carbons (Fsp3) is 0.741. The number of esters is 1. The van der Waals surface area contributed by atoms with Crippen molar-refractivity contribution in [3.63, 3.8) is 0 Å². The van der Waals surface area contributed by atoms with Crippen LogP contribution >= 0.6 is 15.9 Å². The SMILES string of the molecule is C=CCCCOC(=O)[C@H]1[C@H]2C(=O)N(CCCCO)C(C(=O)N(CC=C)C(C)CCC)C23CC(Br)[C@@H]1O3. The number of carbonyl (C=O) groups excluding carboxylic acids is 3. The average Bonchev–Trinajstić information content (AvgIpc) is 3.43. The standard InChI is InChI=1S/C27H41BrN2O6/c1-5-8-11-16-35-26(34)20-21-24(32)30(14-9-10-15-31)23(27(21)17-19(28)22(20)36-27)25(33)29(13-7-3)18(4)12-6-2/h5,7,18-23,31H,1,3,6,8-17H2,2,4H3/t18?,19?,20-,21-,22-,23?,27?/m0/s1. The van der Waals surface area contributed by atoms with Gasteiger partial charge in [-0.3, -0.25) is 14.4 Å². The number of fused-ring (bicyclic) bond motifs is 1. The maximum absolute atomic E-state index is 14.2. The Morgan fingerprint density at radius 3 is 2.72 bits per heavy atom. The Kier molecular flexibility index (Phi) is 10.2. The van der Waals surface area contributed by atoms with E-state index in [9.17, 15) is 19.5 Å². The lowest BCUT2D eigenvalue weighted by atomic mass is 9.70. The number of carbonyl (C=O) groups is 3. The summed E-state index contributed by atoms with van der Waals surface area (Å²) in [6, 6.07) is -0.870. The molecule has 1 N–H and O–H groups in total. The van der Waals surface area contributed by atoms with Gasteiger partial charge in [0.25, 0.3) is 0 Å². The molecule has 9 heteroatoms. The summed E-state index contributed by atoms with van der Waals surface area (Å²) in [6.07, 6.45) is 7.62. The predicted octanol–water partition coefficient (Wildman–Crippen LogP) is 3.22. The first kappa shape index (κ1) is 28.9. The molecular weight excluding hydrogens is 528 g/mol. The summed E-state index contributed by atoms with van der Waals surface area (Å²) in [5.41, 5.74) is -1.09.